The average molecular weight is 256 g/mol. The van der Waals surface area contributed by atoms with Crippen molar-refractivity contribution in [2.75, 3.05) is 7.11 Å². The topological polar surface area (TPSA) is 39.9 Å². The highest BCUT2D eigenvalue weighted by molar-refractivity contribution is 6.16. The van der Waals surface area contributed by atoms with E-state index in [4.69, 9.17) is 16.3 Å². The molecule has 1 heterocycles. The fraction of sp³-hybridized carbons (Fsp3) is 0.273. The Balaban J connectivity index is 2.15. The summed E-state index contributed by atoms with van der Waals surface area (Å²) < 4.78 is 19.9. The molecule has 2 rings (SSSR count). The van der Waals surface area contributed by atoms with Crippen molar-refractivity contribution in [2.24, 2.45) is 0 Å². The molecule has 0 unspecified atom stereocenters. The van der Waals surface area contributed by atoms with Crippen LogP contribution in [0.3, 0.4) is 0 Å². The first-order chi connectivity index (χ1) is 8.22. The Kier molecular flexibility index (Phi) is 3.58. The van der Waals surface area contributed by atoms with Gasteiger partial charge in [-0.1, -0.05) is 11.3 Å². The van der Waals surface area contributed by atoms with Gasteiger partial charge in [-0.2, -0.15) is 0 Å². The molecule has 6 heteroatoms. The lowest BCUT2D eigenvalue weighted by Crippen LogP contribution is -2.01. The van der Waals surface area contributed by atoms with E-state index in [1.807, 2.05) is 0 Å². The summed E-state index contributed by atoms with van der Waals surface area (Å²) in [6, 6.07) is 4.79. The van der Waals surface area contributed by atoms with Gasteiger partial charge < -0.3 is 4.74 Å². The van der Waals surface area contributed by atoms with Gasteiger partial charge in [-0.05, 0) is 17.7 Å². The van der Waals surface area contributed by atoms with E-state index in [-0.39, 0.29) is 11.6 Å². The van der Waals surface area contributed by atoms with Crippen LogP contribution in [-0.4, -0.2) is 22.1 Å². The Morgan fingerprint density at radius 3 is 2.88 bits per heavy atom. The third-order valence-corrected chi connectivity index (χ3v) is 2.56. The largest absolute Gasteiger partial charge is 0.494 e. The average Bonchev–Trinajstić information content (AvgIpc) is 2.77. The predicted octanol–water partition coefficient (Wildman–Crippen LogP) is 2.21. The molecule has 0 fully saturated rings. The number of aromatic nitrogens is 3. The highest BCUT2D eigenvalue weighted by Crippen LogP contribution is 2.18. The molecule has 0 radical (unpaired) electrons. The Morgan fingerprint density at radius 2 is 2.29 bits per heavy atom. The zero-order valence-electron chi connectivity index (χ0n) is 9.23. The summed E-state index contributed by atoms with van der Waals surface area (Å²) in [6.07, 6.45) is 1.73. The second-order valence-electron chi connectivity index (χ2n) is 3.51. The summed E-state index contributed by atoms with van der Waals surface area (Å²) >= 11 is 5.62. The molecule has 90 valence electrons. The molecule has 2 aromatic rings. The highest BCUT2D eigenvalue weighted by Gasteiger charge is 2.05. The molecule has 4 nitrogen and oxygen atoms in total. The van der Waals surface area contributed by atoms with Gasteiger partial charge in [-0.25, -0.2) is 9.07 Å². The van der Waals surface area contributed by atoms with Gasteiger partial charge in [-0.15, -0.1) is 16.7 Å². The van der Waals surface area contributed by atoms with Crippen LogP contribution >= 0.6 is 11.6 Å². The molecule has 0 saturated heterocycles. The Morgan fingerprint density at radius 1 is 1.47 bits per heavy atom. The summed E-state index contributed by atoms with van der Waals surface area (Å²) in [7, 11) is 1.43. The van der Waals surface area contributed by atoms with E-state index in [1.165, 1.54) is 13.2 Å². The van der Waals surface area contributed by atoms with Gasteiger partial charge in [-0.3, -0.25) is 0 Å². The smallest absolute Gasteiger partial charge is 0.165 e. The first-order valence-corrected chi connectivity index (χ1v) is 5.53. The Labute approximate surface area is 103 Å². The van der Waals surface area contributed by atoms with Gasteiger partial charge in [0.05, 0.1) is 31.4 Å². The quantitative estimate of drug-likeness (QED) is 0.787. The molecule has 0 aliphatic carbocycles. The number of hydrogen-bond donors (Lipinski definition) is 0. The van der Waals surface area contributed by atoms with Crippen LogP contribution in [0.5, 0.6) is 5.75 Å². The number of halogens is 2. The zero-order chi connectivity index (χ0) is 12.3. The zero-order valence-corrected chi connectivity index (χ0v) is 9.99. The Bertz CT molecular complexity index is 515. The molecule has 0 atom stereocenters. The van der Waals surface area contributed by atoms with Gasteiger partial charge >= 0.3 is 0 Å². The third kappa shape index (κ3) is 2.74. The maximum absolute atomic E-state index is 13.4. The molecule has 0 spiro atoms. The first kappa shape index (κ1) is 11.9. The van der Waals surface area contributed by atoms with Crippen LogP contribution in [0, 0.1) is 5.82 Å². The van der Waals surface area contributed by atoms with E-state index >= 15 is 0 Å². The minimum absolute atomic E-state index is 0.230. The predicted molar refractivity (Wildman–Crippen MR) is 61.6 cm³/mol. The summed E-state index contributed by atoms with van der Waals surface area (Å²) in [4.78, 5) is 0. The second kappa shape index (κ2) is 5.14. The van der Waals surface area contributed by atoms with Gasteiger partial charge in [0, 0.05) is 0 Å². The maximum atomic E-state index is 13.4. The van der Waals surface area contributed by atoms with Crippen molar-refractivity contribution >= 4 is 11.6 Å². The molecule has 0 aliphatic heterocycles. The standard InChI is InChI=1S/C11H11ClFN3O/c1-17-11-3-2-8(4-10(11)13)6-16-7-9(5-12)14-15-16/h2-4,7H,5-6H2,1H3. The fourth-order valence-corrected chi connectivity index (χ4v) is 1.59. The van der Waals surface area contributed by atoms with E-state index in [1.54, 1.807) is 23.0 Å². The molecule has 0 amide bonds. The summed E-state index contributed by atoms with van der Waals surface area (Å²) in [5, 5.41) is 7.73. The normalized spacial score (nSPS) is 10.5. The van der Waals surface area contributed by atoms with E-state index in [0.29, 0.717) is 18.1 Å². The van der Waals surface area contributed by atoms with Crippen molar-refractivity contribution in [2.45, 2.75) is 12.4 Å². The lowest BCUT2D eigenvalue weighted by molar-refractivity contribution is 0.386. The molecule has 1 aromatic heterocycles. The Hall–Kier alpha value is -1.62. The number of alkyl halides is 1. The third-order valence-electron chi connectivity index (χ3n) is 2.28. The monoisotopic (exact) mass is 255 g/mol. The summed E-state index contributed by atoms with van der Waals surface area (Å²) in [5.74, 6) is 0.160. The molecule has 0 saturated carbocycles. The number of nitrogens with zero attached hydrogens (tertiary/aromatic N) is 3. The molecule has 1 aromatic carbocycles. The second-order valence-corrected chi connectivity index (χ2v) is 3.78. The summed E-state index contributed by atoms with van der Waals surface area (Å²) in [6.45, 7) is 0.449. The lowest BCUT2D eigenvalue weighted by atomic mass is 10.2. The maximum Gasteiger partial charge on any atom is 0.165 e. The van der Waals surface area contributed by atoms with Crippen LogP contribution in [0.1, 0.15) is 11.3 Å². The number of benzene rings is 1. The highest BCUT2D eigenvalue weighted by atomic mass is 35.5. The van der Waals surface area contributed by atoms with E-state index in [9.17, 15) is 4.39 Å². The van der Waals surface area contributed by atoms with E-state index in [0.717, 1.165) is 5.56 Å². The van der Waals surface area contributed by atoms with Crippen molar-refractivity contribution in [3.63, 3.8) is 0 Å². The molecule has 0 bridgehead atoms. The van der Waals surface area contributed by atoms with Gasteiger partial charge in [0.25, 0.3) is 0 Å². The van der Waals surface area contributed by atoms with Crippen molar-refractivity contribution in [1.29, 1.82) is 0 Å². The van der Waals surface area contributed by atoms with E-state index < -0.39 is 0 Å². The molecular weight excluding hydrogens is 245 g/mol. The number of ether oxygens (including phenoxy) is 1. The van der Waals surface area contributed by atoms with Gasteiger partial charge in [0.1, 0.15) is 0 Å². The van der Waals surface area contributed by atoms with Gasteiger partial charge in [0.15, 0.2) is 11.6 Å². The number of methoxy groups -OCH3 is 1. The number of rotatable bonds is 4. The van der Waals surface area contributed by atoms with Crippen molar-refractivity contribution in [1.82, 2.24) is 15.0 Å². The van der Waals surface area contributed by atoms with Crippen LogP contribution < -0.4 is 4.74 Å². The van der Waals surface area contributed by atoms with Crippen LogP contribution in [0.2, 0.25) is 0 Å². The van der Waals surface area contributed by atoms with Crippen LogP contribution in [-0.2, 0) is 12.4 Å². The van der Waals surface area contributed by atoms with E-state index in [2.05, 4.69) is 10.3 Å². The molecule has 0 aliphatic rings. The van der Waals surface area contributed by atoms with Crippen LogP contribution in [0.25, 0.3) is 0 Å². The number of hydrogen-bond acceptors (Lipinski definition) is 3. The minimum Gasteiger partial charge on any atom is -0.494 e. The van der Waals surface area contributed by atoms with Crippen molar-refractivity contribution < 1.29 is 9.13 Å². The molecular formula is C11H11ClFN3O. The SMILES string of the molecule is COc1ccc(Cn2cc(CCl)nn2)cc1F. The molecule has 17 heavy (non-hydrogen) atoms. The molecule has 0 N–H and O–H groups in total. The van der Waals surface area contributed by atoms with Crippen molar-refractivity contribution in [3.8, 4) is 5.75 Å². The first-order valence-electron chi connectivity index (χ1n) is 5.00. The summed E-state index contributed by atoms with van der Waals surface area (Å²) in [5.41, 5.74) is 1.48. The van der Waals surface area contributed by atoms with Crippen LogP contribution in [0.4, 0.5) is 4.39 Å². The minimum atomic E-state index is -0.386. The van der Waals surface area contributed by atoms with Gasteiger partial charge in [0.2, 0.25) is 0 Å². The lowest BCUT2D eigenvalue weighted by Gasteiger charge is -2.04. The van der Waals surface area contributed by atoms with Crippen LogP contribution in [0.15, 0.2) is 24.4 Å². The van der Waals surface area contributed by atoms with Crippen molar-refractivity contribution in [3.05, 3.63) is 41.5 Å². The fourth-order valence-electron chi connectivity index (χ4n) is 1.47.